The van der Waals surface area contributed by atoms with Crippen molar-refractivity contribution in [2.45, 2.75) is 19.3 Å². The van der Waals surface area contributed by atoms with E-state index < -0.39 is 0 Å². The molecule has 0 unspecified atom stereocenters. The molecule has 9 heavy (non-hydrogen) atoms. The van der Waals surface area contributed by atoms with Gasteiger partial charge in [0.2, 0.25) is 0 Å². The van der Waals surface area contributed by atoms with Crippen LogP contribution in [-0.2, 0) is 9.57 Å². The van der Waals surface area contributed by atoms with E-state index in [-0.39, 0.29) is 0 Å². The molecule has 0 atom stereocenters. The van der Waals surface area contributed by atoms with E-state index in [1.807, 2.05) is 6.08 Å². The normalized spacial score (nSPS) is 19.4. The summed E-state index contributed by atoms with van der Waals surface area (Å²) in [5, 5.41) is 0. The van der Waals surface area contributed by atoms with Crippen LogP contribution in [0.5, 0.6) is 0 Å². The van der Waals surface area contributed by atoms with Crippen LogP contribution in [-0.4, -0.2) is 6.61 Å². The molecule has 1 heterocycles. The third-order valence-corrected chi connectivity index (χ3v) is 1.27. The van der Waals surface area contributed by atoms with E-state index in [0.717, 1.165) is 25.9 Å². The first-order valence-corrected chi connectivity index (χ1v) is 3.13. The molecule has 1 rings (SSSR count). The van der Waals surface area contributed by atoms with Gasteiger partial charge < -0.3 is 9.57 Å². The fourth-order valence-electron chi connectivity index (χ4n) is 0.780. The molecular formula is C6H11NO2. The first kappa shape index (κ1) is 6.42. The van der Waals surface area contributed by atoms with Crippen LogP contribution in [0, 0.1) is 0 Å². The molecule has 52 valence electrons. The Morgan fingerprint density at radius 3 is 3.22 bits per heavy atom. The Bertz CT molecular complexity index is 112. The van der Waals surface area contributed by atoms with Crippen LogP contribution in [0.4, 0.5) is 0 Å². The summed E-state index contributed by atoms with van der Waals surface area (Å²) in [6.45, 7) is 0.725. The van der Waals surface area contributed by atoms with Gasteiger partial charge in [-0.3, -0.25) is 0 Å². The van der Waals surface area contributed by atoms with Gasteiger partial charge in [0.05, 0.1) is 6.61 Å². The van der Waals surface area contributed by atoms with E-state index in [4.69, 9.17) is 10.6 Å². The molecule has 0 radical (unpaired) electrons. The second-order valence-electron chi connectivity index (χ2n) is 1.99. The van der Waals surface area contributed by atoms with Crippen molar-refractivity contribution in [3.05, 3.63) is 12.0 Å². The number of nitrogens with two attached hydrogens (primary N) is 1. The van der Waals surface area contributed by atoms with Gasteiger partial charge in [0.1, 0.15) is 0 Å². The van der Waals surface area contributed by atoms with E-state index >= 15 is 0 Å². The lowest BCUT2D eigenvalue weighted by molar-refractivity contribution is 0.0368. The lowest BCUT2D eigenvalue weighted by Gasteiger charge is -2.02. The number of hydrogen-bond acceptors (Lipinski definition) is 3. The molecule has 3 heteroatoms. The minimum atomic E-state index is 0.465. The summed E-state index contributed by atoms with van der Waals surface area (Å²) >= 11 is 0. The molecule has 0 bridgehead atoms. The van der Waals surface area contributed by atoms with Gasteiger partial charge in [-0.1, -0.05) is 0 Å². The van der Waals surface area contributed by atoms with Crippen LogP contribution in [0.25, 0.3) is 0 Å². The number of ether oxygens (including phenoxy) is 1. The molecule has 0 spiro atoms. The summed E-state index contributed by atoms with van der Waals surface area (Å²) in [6.07, 6.45) is 5.12. The smallest absolute Gasteiger partial charge is 0.295 e. The van der Waals surface area contributed by atoms with E-state index in [0.29, 0.717) is 5.95 Å². The molecule has 0 aromatic carbocycles. The first-order valence-electron chi connectivity index (χ1n) is 3.13. The van der Waals surface area contributed by atoms with Crippen molar-refractivity contribution >= 4 is 0 Å². The summed E-state index contributed by atoms with van der Waals surface area (Å²) in [4.78, 5) is 4.41. The minimum Gasteiger partial charge on any atom is -0.464 e. The van der Waals surface area contributed by atoms with E-state index in [1.165, 1.54) is 0 Å². The molecule has 2 N–H and O–H groups in total. The van der Waals surface area contributed by atoms with Gasteiger partial charge in [-0.2, -0.15) is 5.90 Å². The molecule has 0 fully saturated rings. The fourth-order valence-corrected chi connectivity index (χ4v) is 0.780. The van der Waals surface area contributed by atoms with Crippen molar-refractivity contribution in [3.8, 4) is 0 Å². The van der Waals surface area contributed by atoms with Gasteiger partial charge in [0.25, 0.3) is 5.95 Å². The standard InChI is InChI=1S/C6H11NO2/c7-9-6-4-2-1-3-5-8-6/h4H,1-3,5,7H2. The molecule has 1 aliphatic heterocycles. The number of hydrogen-bond donors (Lipinski definition) is 1. The van der Waals surface area contributed by atoms with Crippen LogP contribution in [0.3, 0.4) is 0 Å². The van der Waals surface area contributed by atoms with Gasteiger partial charge >= 0.3 is 0 Å². The van der Waals surface area contributed by atoms with Crippen LogP contribution in [0.15, 0.2) is 12.0 Å². The van der Waals surface area contributed by atoms with Gasteiger partial charge in [0, 0.05) is 0 Å². The Labute approximate surface area is 54.4 Å². The van der Waals surface area contributed by atoms with Crippen molar-refractivity contribution in [2.24, 2.45) is 5.90 Å². The monoisotopic (exact) mass is 129 g/mol. The summed E-state index contributed by atoms with van der Waals surface area (Å²) in [6, 6.07) is 0. The highest BCUT2D eigenvalue weighted by Gasteiger charge is 2.01. The average molecular weight is 129 g/mol. The molecule has 0 aliphatic carbocycles. The lowest BCUT2D eigenvalue weighted by atomic mass is 10.2. The zero-order chi connectivity index (χ0) is 6.53. The second-order valence-corrected chi connectivity index (χ2v) is 1.99. The highest BCUT2D eigenvalue weighted by atomic mass is 16.7. The van der Waals surface area contributed by atoms with E-state index in [2.05, 4.69) is 4.84 Å². The molecule has 0 aromatic heterocycles. The third kappa shape index (κ3) is 1.93. The minimum absolute atomic E-state index is 0.465. The SMILES string of the molecule is NOC1=CCCCCO1. The topological polar surface area (TPSA) is 44.5 Å². The van der Waals surface area contributed by atoms with Crippen LogP contribution >= 0.6 is 0 Å². The Hall–Kier alpha value is -0.700. The highest BCUT2D eigenvalue weighted by Crippen LogP contribution is 2.08. The van der Waals surface area contributed by atoms with Crippen molar-refractivity contribution in [3.63, 3.8) is 0 Å². The van der Waals surface area contributed by atoms with E-state index in [1.54, 1.807) is 0 Å². The quantitative estimate of drug-likeness (QED) is 0.535. The molecule has 0 saturated heterocycles. The Morgan fingerprint density at radius 2 is 2.44 bits per heavy atom. The summed E-state index contributed by atoms with van der Waals surface area (Å²) in [5.41, 5.74) is 0. The molecule has 0 aromatic rings. The van der Waals surface area contributed by atoms with Crippen molar-refractivity contribution in [1.82, 2.24) is 0 Å². The second kappa shape index (κ2) is 3.35. The van der Waals surface area contributed by atoms with Gasteiger partial charge in [-0.25, -0.2) is 0 Å². The zero-order valence-corrected chi connectivity index (χ0v) is 5.30. The van der Waals surface area contributed by atoms with Crippen LogP contribution in [0.1, 0.15) is 19.3 Å². The molecule has 0 saturated carbocycles. The molecule has 3 nitrogen and oxygen atoms in total. The molecule has 0 amide bonds. The van der Waals surface area contributed by atoms with Gasteiger partial charge in [0.15, 0.2) is 0 Å². The Balaban J connectivity index is 2.37. The predicted octanol–water partition coefficient (Wildman–Crippen LogP) is 0.919. The third-order valence-electron chi connectivity index (χ3n) is 1.27. The first-order chi connectivity index (χ1) is 4.43. The summed E-state index contributed by atoms with van der Waals surface area (Å²) in [5.74, 6) is 5.34. The van der Waals surface area contributed by atoms with Crippen molar-refractivity contribution < 1.29 is 9.57 Å². The number of allylic oxidation sites excluding steroid dienone is 1. The van der Waals surface area contributed by atoms with E-state index in [9.17, 15) is 0 Å². The zero-order valence-electron chi connectivity index (χ0n) is 5.30. The predicted molar refractivity (Wildman–Crippen MR) is 33.2 cm³/mol. The number of rotatable bonds is 1. The van der Waals surface area contributed by atoms with Gasteiger partial charge in [-0.15, -0.1) is 0 Å². The summed E-state index contributed by atoms with van der Waals surface area (Å²) in [7, 11) is 0. The highest BCUT2D eigenvalue weighted by molar-refractivity contribution is 4.84. The summed E-state index contributed by atoms with van der Waals surface area (Å²) < 4.78 is 5.07. The largest absolute Gasteiger partial charge is 0.464 e. The fraction of sp³-hybridized carbons (Fsp3) is 0.667. The molecule has 1 aliphatic rings. The maximum absolute atomic E-state index is 5.07. The van der Waals surface area contributed by atoms with Crippen LogP contribution in [0.2, 0.25) is 0 Å². The van der Waals surface area contributed by atoms with Crippen molar-refractivity contribution in [2.75, 3.05) is 6.61 Å². The van der Waals surface area contributed by atoms with Crippen molar-refractivity contribution in [1.29, 1.82) is 0 Å². The van der Waals surface area contributed by atoms with Gasteiger partial charge in [-0.05, 0) is 25.3 Å². The maximum Gasteiger partial charge on any atom is 0.295 e. The lowest BCUT2D eigenvalue weighted by Crippen LogP contribution is -2.02. The Morgan fingerprint density at radius 1 is 1.56 bits per heavy atom. The van der Waals surface area contributed by atoms with Crippen LogP contribution < -0.4 is 5.90 Å². The maximum atomic E-state index is 5.07. The molecular weight excluding hydrogens is 118 g/mol. The average Bonchev–Trinajstić information content (AvgIpc) is 2.13. The Kier molecular flexibility index (Phi) is 2.39.